The van der Waals surface area contributed by atoms with Crippen LogP contribution < -0.4 is 0 Å². The van der Waals surface area contributed by atoms with Crippen molar-refractivity contribution in [3.8, 4) is 0 Å². The Hall–Kier alpha value is -0.0500. The van der Waals surface area contributed by atoms with E-state index in [1.165, 1.54) is 25.8 Å². The van der Waals surface area contributed by atoms with Crippen molar-refractivity contribution >= 4 is 11.6 Å². The first-order valence-corrected chi connectivity index (χ1v) is 5.46. The zero-order valence-corrected chi connectivity index (χ0v) is 8.54. The SMILES string of the molecule is Cl/C=C/CN1CCC[C@H]2OCC[C@H]21. The molecule has 2 rings (SSSR count). The molecule has 0 saturated carbocycles. The molecule has 2 nitrogen and oxygen atoms in total. The number of hydrogen-bond acceptors (Lipinski definition) is 2. The van der Waals surface area contributed by atoms with Gasteiger partial charge in [0.2, 0.25) is 0 Å². The van der Waals surface area contributed by atoms with E-state index in [1.807, 2.05) is 6.08 Å². The minimum Gasteiger partial charge on any atom is -0.377 e. The number of fused-ring (bicyclic) bond motifs is 1. The topological polar surface area (TPSA) is 12.5 Å². The van der Waals surface area contributed by atoms with Crippen LogP contribution in [-0.4, -0.2) is 36.7 Å². The van der Waals surface area contributed by atoms with Crippen LogP contribution in [0.15, 0.2) is 11.6 Å². The number of piperidine rings is 1. The molecule has 0 bridgehead atoms. The van der Waals surface area contributed by atoms with Crippen LogP contribution >= 0.6 is 11.6 Å². The van der Waals surface area contributed by atoms with Gasteiger partial charge in [-0.25, -0.2) is 0 Å². The average molecular weight is 202 g/mol. The smallest absolute Gasteiger partial charge is 0.0731 e. The lowest BCUT2D eigenvalue weighted by molar-refractivity contribution is 0.0315. The third-order valence-corrected chi connectivity index (χ3v) is 3.18. The van der Waals surface area contributed by atoms with Crippen LogP contribution in [0, 0.1) is 0 Å². The van der Waals surface area contributed by atoms with Gasteiger partial charge in [0.05, 0.1) is 6.10 Å². The summed E-state index contributed by atoms with van der Waals surface area (Å²) in [5.41, 5.74) is 1.61. The lowest BCUT2D eigenvalue weighted by atomic mass is 9.99. The first-order valence-electron chi connectivity index (χ1n) is 5.02. The molecule has 2 heterocycles. The first-order chi connectivity index (χ1) is 6.42. The molecule has 2 saturated heterocycles. The van der Waals surface area contributed by atoms with E-state index in [1.54, 1.807) is 5.54 Å². The molecule has 0 unspecified atom stereocenters. The third-order valence-electron chi connectivity index (χ3n) is 3.01. The van der Waals surface area contributed by atoms with Gasteiger partial charge in [-0.3, -0.25) is 4.90 Å². The Labute approximate surface area is 84.5 Å². The van der Waals surface area contributed by atoms with Crippen LogP contribution in [0.25, 0.3) is 0 Å². The summed E-state index contributed by atoms with van der Waals surface area (Å²) in [7, 11) is 0. The zero-order valence-electron chi connectivity index (χ0n) is 7.79. The summed E-state index contributed by atoms with van der Waals surface area (Å²) < 4.78 is 5.67. The number of likely N-dealkylation sites (tertiary alicyclic amines) is 1. The molecule has 2 fully saturated rings. The number of nitrogens with zero attached hydrogens (tertiary/aromatic N) is 1. The standard InChI is InChI=1S/C10H16ClNO/c11-5-2-7-12-6-1-3-10-9(12)4-8-13-10/h2,5,9-10H,1,3-4,6-8H2/b5-2+/t9-,10-/m1/s1. The van der Waals surface area contributed by atoms with Crippen LogP contribution in [0.4, 0.5) is 0 Å². The summed E-state index contributed by atoms with van der Waals surface area (Å²) in [6, 6.07) is 0.654. The number of hydrogen-bond donors (Lipinski definition) is 0. The van der Waals surface area contributed by atoms with E-state index in [0.717, 1.165) is 13.2 Å². The van der Waals surface area contributed by atoms with Crippen LogP contribution in [0.3, 0.4) is 0 Å². The van der Waals surface area contributed by atoms with Gasteiger partial charge >= 0.3 is 0 Å². The van der Waals surface area contributed by atoms with E-state index >= 15 is 0 Å². The second kappa shape index (κ2) is 4.45. The second-order valence-corrected chi connectivity index (χ2v) is 4.02. The molecule has 13 heavy (non-hydrogen) atoms. The van der Waals surface area contributed by atoms with E-state index in [2.05, 4.69) is 4.90 Å². The van der Waals surface area contributed by atoms with E-state index in [4.69, 9.17) is 16.3 Å². The zero-order chi connectivity index (χ0) is 9.10. The number of rotatable bonds is 2. The highest BCUT2D eigenvalue weighted by molar-refractivity contribution is 6.25. The van der Waals surface area contributed by atoms with Gasteiger partial charge in [0, 0.05) is 24.7 Å². The third kappa shape index (κ3) is 2.06. The minimum atomic E-state index is 0.498. The number of ether oxygens (including phenoxy) is 1. The summed E-state index contributed by atoms with van der Waals surface area (Å²) in [4.78, 5) is 2.49. The molecule has 0 spiro atoms. The summed E-state index contributed by atoms with van der Waals surface area (Å²) in [6.07, 6.45) is 6.21. The Morgan fingerprint density at radius 1 is 1.46 bits per heavy atom. The van der Waals surface area contributed by atoms with E-state index in [0.29, 0.717) is 12.1 Å². The van der Waals surface area contributed by atoms with Gasteiger partial charge in [0.25, 0.3) is 0 Å². The Balaban J connectivity index is 1.93. The monoisotopic (exact) mass is 201 g/mol. The second-order valence-electron chi connectivity index (χ2n) is 3.76. The molecular formula is C10H16ClNO. The van der Waals surface area contributed by atoms with E-state index < -0.39 is 0 Å². The van der Waals surface area contributed by atoms with Gasteiger partial charge in [-0.05, 0) is 25.8 Å². The lowest BCUT2D eigenvalue weighted by Gasteiger charge is -2.35. The minimum absolute atomic E-state index is 0.498. The van der Waals surface area contributed by atoms with Crippen molar-refractivity contribution in [3.63, 3.8) is 0 Å². The van der Waals surface area contributed by atoms with Crippen molar-refractivity contribution in [2.24, 2.45) is 0 Å². The van der Waals surface area contributed by atoms with Crippen LogP contribution in [-0.2, 0) is 4.74 Å². The average Bonchev–Trinajstić information content (AvgIpc) is 2.62. The molecule has 0 aromatic heterocycles. The maximum absolute atomic E-state index is 5.67. The fourth-order valence-corrected chi connectivity index (χ4v) is 2.47. The highest BCUT2D eigenvalue weighted by Crippen LogP contribution is 2.27. The molecule has 3 heteroatoms. The molecular weight excluding hydrogens is 186 g/mol. The maximum Gasteiger partial charge on any atom is 0.0731 e. The van der Waals surface area contributed by atoms with Gasteiger partial charge in [0.1, 0.15) is 0 Å². The van der Waals surface area contributed by atoms with Crippen molar-refractivity contribution in [1.82, 2.24) is 4.90 Å². The molecule has 2 atom stereocenters. The highest BCUT2D eigenvalue weighted by atomic mass is 35.5. The Bertz CT molecular complexity index is 195. The normalized spacial score (nSPS) is 35.5. The maximum atomic E-state index is 5.67. The fraction of sp³-hybridized carbons (Fsp3) is 0.800. The predicted molar refractivity (Wildman–Crippen MR) is 53.9 cm³/mol. The van der Waals surface area contributed by atoms with Crippen LogP contribution in [0.1, 0.15) is 19.3 Å². The van der Waals surface area contributed by atoms with Crippen molar-refractivity contribution in [1.29, 1.82) is 0 Å². The first kappa shape index (κ1) is 9.50. The van der Waals surface area contributed by atoms with Crippen molar-refractivity contribution in [3.05, 3.63) is 11.6 Å². The molecule has 0 aliphatic carbocycles. The Morgan fingerprint density at radius 2 is 2.38 bits per heavy atom. The Kier molecular flexibility index (Phi) is 3.25. The van der Waals surface area contributed by atoms with Gasteiger partial charge in [-0.15, -0.1) is 0 Å². The largest absolute Gasteiger partial charge is 0.377 e. The summed E-state index contributed by atoms with van der Waals surface area (Å²) in [6.45, 7) is 3.12. The van der Waals surface area contributed by atoms with E-state index in [9.17, 15) is 0 Å². The molecule has 2 aliphatic heterocycles. The molecule has 0 N–H and O–H groups in total. The van der Waals surface area contributed by atoms with Crippen LogP contribution in [0.2, 0.25) is 0 Å². The lowest BCUT2D eigenvalue weighted by Crippen LogP contribution is -2.45. The summed E-state index contributed by atoms with van der Waals surface area (Å²) >= 11 is 5.53. The molecule has 2 aliphatic rings. The predicted octanol–water partition coefficient (Wildman–Crippen LogP) is 1.99. The van der Waals surface area contributed by atoms with Gasteiger partial charge < -0.3 is 4.74 Å². The highest BCUT2D eigenvalue weighted by Gasteiger charge is 2.35. The molecule has 0 radical (unpaired) electrons. The fourth-order valence-electron chi connectivity index (χ4n) is 2.39. The Morgan fingerprint density at radius 3 is 3.23 bits per heavy atom. The van der Waals surface area contributed by atoms with Gasteiger partial charge in [-0.1, -0.05) is 17.7 Å². The molecule has 0 amide bonds. The van der Waals surface area contributed by atoms with E-state index in [-0.39, 0.29) is 0 Å². The summed E-state index contributed by atoms with van der Waals surface area (Å²) in [5.74, 6) is 0. The molecule has 74 valence electrons. The van der Waals surface area contributed by atoms with Crippen molar-refractivity contribution < 1.29 is 4.74 Å². The molecule has 0 aromatic rings. The van der Waals surface area contributed by atoms with Crippen LogP contribution in [0.5, 0.6) is 0 Å². The molecule has 0 aromatic carbocycles. The summed E-state index contributed by atoms with van der Waals surface area (Å²) in [5, 5.41) is 0. The number of halogens is 1. The van der Waals surface area contributed by atoms with Gasteiger partial charge in [0.15, 0.2) is 0 Å². The van der Waals surface area contributed by atoms with Gasteiger partial charge in [-0.2, -0.15) is 0 Å². The van der Waals surface area contributed by atoms with Crippen molar-refractivity contribution in [2.45, 2.75) is 31.4 Å². The van der Waals surface area contributed by atoms with Crippen molar-refractivity contribution in [2.75, 3.05) is 19.7 Å². The quantitative estimate of drug-likeness (QED) is 0.678.